The van der Waals surface area contributed by atoms with Crippen LogP contribution in [0.5, 0.6) is 0 Å². The van der Waals surface area contributed by atoms with Crippen LogP contribution in [0.3, 0.4) is 0 Å². The lowest BCUT2D eigenvalue weighted by molar-refractivity contribution is -0.938. The van der Waals surface area contributed by atoms with Gasteiger partial charge in [0.2, 0.25) is 0 Å². The highest BCUT2D eigenvalue weighted by molar-refractivity contribution is 5.57. The summed E-state index contributed by atoms with van der Waals surface area (Å²) in [4.78, 5) is 0. The van der Waals surface area contributed by atoms with Crippen LogP contribution in [0.2, 0.25) is 0 Å². The molecule has 0 N–H and O–H groups in total. The van der Waals surface area contributed by atoms with Crippen LogP contribution in [0.15, 0.2) is 30.8 Å². The molecule has 0 unspecified atom stereocenters. The van der Waals surface area contributed by atoms with E-state index in [1.165, 1.54) is 5.56 Å². The van der Waals surface area contributed by atoms with Crippen LogP contribution >= 0.6 is 0 Å². The van der Waals surface area contributed by atoms with Crippen LogP contribution in [-0.2, 0) is 16.0 Å². The minimum atomic E-state index is 0.711. The zero-order valence-electron chi connectivity index (χ0n) is 13.3. The molecule has 1 aromatic rings. The van der Waals surface area contributed by atoms with E-state index in [0.717, 1.165) is 42.8 Å². The molecule has 1 rings (SSSR count). The predicted molar refractivity (Wildman–Crippen MR) is 84.3 cm³/mol. The zero-order chi connectivity index (χ0) is 15.0. The Hall–Kier alpha value is -1.32. The Bertz CT molecular complexity index is 408. The number of hydrogen-bond acceptors (Lipinski definition) is 2. The van der Waals surface area contributed by atoms with Crippen molar-refractivity contribution in [2.75, 3.05) is 40.5 Å². The fourth-order valence-electron chi connectivity index (χ4n) is 2.43. The highest BCUT2D eigenvalue weighted by Gasteiger charge is 2.23. The van der Waals surface area contributed by atoms with Crippen molar-refractivity contribution in [3.63, 3.8) is 0 Å². The maximum atomic E-state index is 5.26. The third kappa shape index (κ3) is 4.36. The summed E-state index contributed by atoms with van der Waals surface area (Å²) in [5, 5.41) is 0. The topological polar surface area (TPSA) is 18.5 Å². The van der Waals surface area contributed by atoms with Crippen LogP contribution in [0.4, 0.5) is 0 Å². The van der Waals surface area contributed by atoms with Crippen molar-refractivity contribution in [1.29, 1.82) is 0 Å². The molecule has 0 amide bonds. The van der Waals surface area contributed by atoms with Gasteiger partial charge < -0.3 is 14.0 Å². The second-order valence-corrected chi connectivity index (χ2v) is 5.17. The fraction of sp³-hybridized carbons (Fsp3) is 0.529. The van der Waals surface area contributed by atoms with Gasteiger partial charge in [-0.3, -0.25) is 0 Å². The lowest BCUT2D eigenvalue weighted by Gasteiger charge is -2.36. The van der Waals surface area contributed by atoms with Crippen molar-refractivity contribution in [2.45, 2.75) is 20.4 Å². The van der Waals surface area contributed by atoms with E-state index in [1.807, 2.05) is 0 Å². The maximum Gasteiger partial charge on any atom is 0.118 e. The molecule has 3 heteroatoms. The first-order valence-electron chi connectivity index (χ1n) is 7.27. The molecule has 0 aromatic heterocycles. The molecular weight excluding hydrogens is 250 g/mol. The lowest BCUT2D eigenvalue weighted by atomic mass is 10.1. The molecule has 0 heterocycles. The Labute approximate surface area is 123 Å². The smallest absolute Gasteiger partial charge is 0.118 e. The molecule has 0 atom stereocenters. The molecule has 3 nitrogen and oxygen atoms in total. The molecule has 0 saturated heterocycles. The van der Waals surface area contributed by atoms with Crippen molar-refractivity contribution in [3.05, 3.63) is 42.0 Å². The molecule has 0 bridgehead atoms. The van der Waals surface area contributed by atoms with Crippen LogP contribution in [0.1, 0.15) is 25.0 Å². The van der Waals surface area contributed by atoms with Crippen LogP contribution in [0.25, 0.3) is 5.76 Å². The molecule has 1 aromatic carbocycles. The van der Waals surface area contributed by atoms with E-state index in [0.29, 0.717) is 5.76 Å². The van der Waals surface area contributed by atoms with E-state index in [4.69, 9.17) is 9.47 Å². The average molecular weight is 278 g/mol. The standard InChI is InChI=1S/C17H28NO2/c1-6-18(7-2,12-13-19-4)14-16-8-10-17(11-9-16)15(3)20-5/h8-11H,3,6-7,12-14H2,1-2,4-5H3/q+1. The van der Waals surface area contributed by atoms with Crippen LogP contribution in [-0.4, -0.2) is 44.9 Å². The molecule has 0 aliphatic rings. The van der Waals surface area contributed by atoms with Crippen molar-refractivity contribution >= 4 is 5.76 Å². The monoisotopic (exact) mass is 278 g/mol. The largest absolute Gasteiger partial charge is 0.497 e. The van der Waals surface area contributed by atoms with Crippen LogP contribution in [0, 0.1) is 0 Å². The van der Waals surface area contributed by atoms with E-state index in [9.17, 15) is 0 Å². The molecule has 0 saturated carbocycles. The highest BCUT2D eigenvalue weighted by Crippen LogP contribution is 2.18. The molecule has 112 valence electrons. The average Bonchev–Trinajstić information content (AvgIpc) is 2.51. The van der Waals surface area contributed by atoms with Crippen molar-refractivity contribution in [3.8, 4) is 0 Å². The molecule has 0 aliphatic carbocycles. The fourth-order valence-corrected chi connectivity index (χ4v) is 2.43. The molecule has 0 spiro atoms. The zero-order valence-corrected chi connectivity index (χ0v) is 13.3. The van der Waals surface area contributed by atoms with Crippen molar-refractivity contribution in [1.82, 2.24) is 0 Å². The van der Waals surface area contributed by atoms with Gasteiger partial charge in [0.05, 0.1) is 26.8 Å². The first-order valence-corrected chi connectivity index (χ1v) is 7.27. The van der Waals surface area contributed by atoms with Gasteiger partial charge >= 0.3 is 0 Å². The normalized spacial score (nSPS) is 11.4. The summed E-state index contributed by atoms with van der Waals surface area (Å²) < 4.78 is 11.5. The molecule has 0 aliphatic heterocycles. The molecular formula is C17H28NO2+. The summed E-state index contributed by atoms with van der Waals surface area (Å²) in [5.41, 5.74) is 2.39. The number of nitrogens with zero attached hydrogens (tertiary/aromatic N) is 1. The van der Waals surface area contributed by atoms with Gasteiger partial charge in [-0.1, -0.05) is 30.8 Å². The van der Waals surface area contributed by atoms with Gasteiger partial charge in [-0.05, 0) is 13.8 Å². The van der Waals surface area contributed by atoms with Gasteiger partial charge in [-0.15, -0.1) is 0 Å². The number of methoxy groups -OCH3 is 2. The number of rotatable bonds is 9. The number of benzene rings is 1. The Balaban J connectivity index is 2.80. The minimum absolute atomic E-state index is 0.711. The number of hydrogen-bond donors (Lipinski definition) is 0. The minimum Gasteiger partial charge on any atom is -0.497 e. The summed E-state index contributed by atoms with van der Waals surface area (Å²) in [6.45, 7) is 13.5. The summed E-state index contributed by atoms with van der Waals surface area (Å²) in [5.74, 6) is 0.711. The second-order valence-electron chi connectivity index (χ2n) is 5.17. The second kappa shape index (κ2) is 8.08. The van der Waals surface area contributed by atoms with E-state index >= 15 is 0 Å². The van der Waals surface area contributed by atoms with Gasteiger partial charge in [0.1, 0.15) is 18.8 Å². The molecule has 0 radical (unpaired) electrons. The van der Waals surface area contributed by atoms with Gasteiger partial charge in [-0.25, -0.2) is 0 Å². The molecule has 20 heavy (non-hydrogen) atoms. The van der Waals surface area contributed by atoms with E-state index in [2.05, 4.69) is 44.7 Å². The van der Waals surface area contributed by atoms with E-state index in [1.54, 1.807) is 14.2 Å². The summed E-state index contributed by atoms with van der Waals surface area (Å²) in [6.07, 6.45) is 0. The summed E-state index contributed by atoms with van der Waals surface area (Å²) in [7, 11) is 3.42. The SMILES string of the molecule is C=C(OC)c1ccc(C[N+](CC)(CC)CCOC)cc1. The Morgan fingerprint density at radius 1 is 1.10 bits per heavy atom. The van der Waals surface area contributed by atoms with Crippen LogP contribution < -0.4 is 0 Å². The lowest BCUT2D eigenvalue weighted by Crippen LogP contribution is -2.48. The summed E-state index contributed by atoms with van der Waals surface area (Å²) >= 11 is 0. The van der Waals surface area contributed by atoms with Gasteiger partial charge in [0.15, 0.2) is 0 Å². The third-order valence-corrected chi connectivity index (χ3v) is 4.15. The van der Waals surface area contributed by atoms with Crippen molar-refractivity contribution in [2.24, 2.45) is 0 Å². The Kier molecular flexibility index (Phi) is 6.76. The first-order chi connectivity index (χ1) is 9.60. The van der Waals surface area contributed by atoms with Gasteiger partial charge in [0.25, 0.3) is 0 Å². The van der Waals surface area contributed by atoms with E-state index < -0.39 is 0 Å². The first kappa shape index (κ1) is 16.7. The summed E-state index contributed by atoms with van der Waals surface area (Å²) in [6, 6.07) is 8.50. The Morgan fingerprint density at radius 2 is 1.70 bits per heavy atom. The third-order valence-electron chi connectivity index (χ3n) is 4.15. The molecule has 0 fully saturated rings. The number of ether oxygens (including phenoxy) is 2. The number of likely N-dealkylation sites (N-methyl/N-ethyl adjacent to an activating group) is 1. The van der Waals surface area contributed by atoms with E-state index in [-0.39, 0.29) is 0 Å². The number of quaternary nitrogens is 1. The quantitative estimate of drug-likeness (QED) is 0.510. The highest BCUT2D eigenvalue weighted by atomic mass is 16.5. The Morgan fingerprint density at radius 3 is 2.15 bits per heavy atom. The van der Waals surface area contributed by atoms with Gasteiger partial charge in [0, 0.05) is 18.2 Å². The van der Waals surface area contributed by atoms with Crippen molar-refractivity contribution < 1.29 is 14.0 Å². The van der Waals surface area contributed by atoms with Gasteiger partial charge in [-0.2, -0.15) is 0 Å². The predicted octanol–water partition coefficient (Wildman–Crippen LogP) is 3.31. The maximum absolute atomic E-state index is 5.26.